The smallest absolute Gasteiger partial charge is 0.0738 e. The van der Waals surface area contributed by atoms with Gasteiger partial charge >= 0.3 is 0 Å². The number of nitrogens with zero attached hydrogens (tertiary/aromatic N) is 2. The van der Waals surface area contributed by atoms with Gasteiger partial charge < -0.3 is 5.32 Å². The van der Waals surface area contributed by atoms with Crippen LogP contribution in [0.5, 0.6) is 0 Å². The summed E-state index contributed by atoms with van der Waals surface area (Å²) in [4.78, 5) is 0. The van der Waals surface area contributed by atoms with Crippen LogP contribution in [0.4, 0.5) is 0 Å². The van der Waals surface area contributed by atoms with Gasteiger partial charge in [0, 0.05) is 25.0 Å². The first-order valence-corrected chi connectivity index (χ1v) is 8.38. The SMILES string of the molecule is CCn1nc(C)c(Br)c1CC1(C2CCCC2)CNC1. The molecule has 0 unspecified atom stereocenters. The van der Waals surface area contributed by atoms with E-state index in [4.69, 9.17) is 0 Å². The zero-order valence-corrected chi connectivity index (χ0v) is 13.6. The molecular formula is C15H24BrN3. The highest BCUT2D eigenvalue weighted by molar-refractivity contribution is 9.10. The molecule has 1 N–H and O–H groups in total. The van der Waals surface area contributed by atoms with E-state index in [2.05, 4.69) is 44.9 Å². The lowest BCUT2D eigenvalue weighted by atomic mass is 9.67. The van der Waals surface area contributed by atoms with Crippen molar-refractivity contribution < 1.29 is 0 Å². The molecule has 4 heteroatoms. The normalized spacial score (nSPS) is 22.7. The van der Waals surface area contributed by atoms with Crippen LogP contribution in [0.25, 0.3) is 0 Å². The standard InChI is InChI=1S/C15H24BrN3/c1-3-19-13(14(16)11(2)18-19)8-15(9-17-10-15)12-6-4-5-7-12/h12,17H,3-10H2,1-2H3. The molecule has 2 fully saturated rings. The van der Waals surface area contributed by atoms with Crippen LogP contribution in [-0.4, -0.2) is 22.9 Å². The van der Waals surface area contributed by atoms with Crippen LogP contribution in [0.2, 0.25) is 0 Å². The Labute approximate surface area is 124 Å². The molecule has 19 heavy (non-hydrogen) atoms. The fourth-order valence-corrected chi connectivity index (χ4v) is 4.34. The third-order valence-electron chi connectivity index (χ3n) is 5.15. The van der Waals surface area contributed by atoms with Crippen molar-refractivity contribution in [2.45, 2.75) is 52.5 Å². The summed E-state index contributed by atoms with van der Waals surface area (Å²) < 4.78 is 3.42. The summed E-state index contributed by atoms with van der Waals surface area (Å²) in [5.41, 5.74) is 3.04. The average molecular weight is 326 g/mol. The molecule has 0 radical (unpaired) electrons. The topological polar surface area (TPSA) is 29.9 Å². The molecule has 1 aliphatic heterocycles. The van der Waals surface area contributed by atoms with Crippen LogP contribution in [-0.2, 0) is 13.0 Å². The average Bonchev–Trinajstić information content (AvgIpc) is 2.96. The monoisotopic (exact) mass is 325 g/mol. The van der Waals surface area contributed by atoms with E-state index in [9.17, 15) is 0 Å². The van der Waals surface area contributed by atoms with E-state index >= 15 is 0 Å². The second kappa shape index (κ2) is 5.21. The van der Waals surface area contributed by atoms with Crippen molar-refractivity contribution in [2.75, 3.05) is 13.1 Å². The molecule has 2 aliphatic rings. The molecule has 1 saturated heterocycles. The lowest BCUT2D eigenvalue weighted by molar-refractivity contribution is 0.0783. The van der Waals surface area contributed by atoms with Crippen LogP contribution < -0.4 is 5.32 Å². The highest BCUT2D eigenvalue weighted by atomic mass is 79.9. The number of rotatable bonds is 4. The van der Waals surface area contributed by atoms with Gasteiger partial charge in [-0.2, -0.15) is 5.10 Å². The number of halogens is 1. The maximum absolute atomic E-state index is 4.65. The van der Waals surface area contributed by atoms with Gasteiger partial charge in [-0.3, -0.25) is 4.68 Å². The number of aromatic nitrogens is 2. The van der Waals surface area contributed by atoms with Gasteiger partial charge in [0.2, 0.25) is 0 Å². The predicted octanol–water partition coefficient (Wildman–Crippen LogP) is 3.30. The third kappa shape index (κ3) is 2.27. The van der Waals surface area contributed by atoms with Gasteiger partial charge in [-0.05, 0) is 55.0 Å². The molecule has 1 aliphatic carbocycles. The minimum Gasteiger partial charge on any atom is -0.315 e. The van der Waals surface area contributed by atoms with Crippen LogP contribution >= 0.6 is 15.9 Å². The Morgan fingerprint density at radius 1 is 1.37 bits per heavy atom. The zero-order valence-electron chi connectivity index (χ0n) is 12.0. The minimum atomic E-state index is 0.498. The van der Waals surface area contributed by atoms with E-state index < -0.39 is 0 Å². The van der Waals surface area contributed by atoms with Crippen molar-refractivity contribution in [3.8, 4) is 0 Å². The summed E-state index contributed by atoms with van der Waals surface area (Å²) in [7, 11) is 0. The summed E-state index contributed by atoms with van der Waals surface area (Å²) in [5, 5.41) is 8.17. The van der Waals surface area contributed by atoms with Gasteiger partial charge in [0.25, 0.3) is 0 Å². The van der Waals surface area contributed by atoms with Crippen molar-refractivity contribution >= 4 is 15.9 Å². The Balaban J connectivity index is 1.86. The molecule has 1 aromatic rings. The second-order valence-electron chi connectivity index (χ2n) is 6.29. The summed E-state index contributed by atoms with van der Waals surface area (Å²) in [6.45, 7) is 7.64. The van der Waals surface area contributed by atoms with Gasteiger partial charge in [-0.15, -0.1) is 0 Å². The number of nitrogens with one attached hydrogen (secondary N) is 1. The Morgan fingerprint density at radius 3 is 2.58 bits per heavy atom. The fourth-order valence-electron chi connectivity index (χ4n) is 3.91. The van der Waals surface area contributed by atoms with Crippen LogP contribution in [0, 0.1) is 18.3 Å². The highest BCUT2D eigenvalue weighted by Gasteiger charge is 2.45. The van der Waals surface area contributed by atoms with Crippen LogP contribution in [0.1, 0.15) is 44.0 Å². The molecule has 1 aromatic heterocycles. The highest BCUT2D eigenvalue weighted by Crippen LogP contribution is 2.45. The van der Waals surface area contributed by atoms with Crippen molar-refractivity contribution in [1.82, 2.24) is 15.1 Å². The molecule has 3 nitrogen and oxygen atoms in total. The predicted molar refractivity (Wildman–Crippen MR) is 81.3 cm³/mol. The molecule has 0 spiro atoms. The number of hydrogen-bond donors (Lipinski definition) is 1. The molecular weight excluding hydrogens is 302 g/mol. The first kappa shape index (κ1) is 13.6. The lowest BCUT2D eigenvalue weighted by Crippen LogP contribution is -2.58. The van der Waals surface area contributed by atoms with Crippen LogP contribution in [0.15, 0.2) is 4.47 Å². The van der Waals surface area contributed by atoms with Crippen molar-refractivity contribution in [3.63, 3.8) is 0 Å². The summed E-state index contributed by atoms with van der Waals surface area (Å²) in [6.07, 6.45) is 6.90. The summed E-state index contributed by atoms with van der Waals surface area (Å²) in [5.74, 6) is 0.918. The van der Waals surface area contributed by atoms with Gasteiger partial charge in [0.1, 0.15) is 0 Å². The second-order valence-corrected chi connectivity index (χ2v) is 7.08. The van der Waals surface area contributed by atoms with E-state index in [1.807, 2.05) is 0 Å². The van der Waals surface area contributed by atoms with Gasteiger partial charge in [0.15, 0.2) is 0 Å². The molecule has 106 valence electrons. The van der Waals surface area contributed by atoms with Gasteiger partial charge in [0.05, 0.1) is 15.9 Å². The van der Waals surface area contributed by atoms with E-state index in [-0.39, 0.29) is 0 Å². The van der Waals surface area contributed by atoms with Crippen LogP contribution in [0.3, 0.4) is 0 Å². The van der Waals surface area contributed by atoms with E-state index in [1.54, 1.807) is 0 Å². The van der Waals surface area contributed by atoms with E-state index in [0.29, 0.717) is 5.41 Å². The number of hydrogen-bond acceptors (Lipinski definition) is 2. The first-order chi connectivity index (χ1) is 9.16. The lowest BCUT2D eigenvalue weighted by Gasteiger charge is -2.47. The Kier molecular flexibility index (Phi) is 3.73. The van der Waals surface area contributed by atoms with E-state index in [0.717, 1.165) is 18.2 Å². The van der Waals surface area contributed by atoms with Gasteiger partial charge in [-0.1, -0.05) is 12.8 Å². The third-order valence-corrected chi connectivity index (χ3v) is 6.18. The Bertz CT molecular complexity index is 456. The van der Waals surface area contributed by atoms with Gasteiger partial charge in [-0.25, -0.2) is 0 Å². The molecule has 1 saturated carbocycles. The molecule has 0 aromatic carbocycles. The maximum Gasteiger partial charge on any atom is 0.0738 e. The largest absolute Gasteiger partial charge is 0.315 e. The van der Waals surface area contributed by atoms with Crippen molar-refractivity contribution in [3.05, 3.63) is 15.9 Å². The molecule has 2 heterocycles. The van der Waals surface area contributed by atoms with Crippen molar-refractivity contribution in [2.24, 2.45) is 11.3 Å². The summed E-state index contributed by atoms with van der Waals surface area (Å²) >= 11 is 3.75. The van der Waals surface area contributed by atoms with Crippen molar-refractivity contribution in [1.29, 1.82) is 0 Å². The maximum atomic E-state index is 4.65. The fraction of sp³-hybridized carbons (Fsp3) is 0.800. The summed E-state index contributed by atoms with van der Waals surface area (Å²) in [6, 6.07) is 0. The molecule has 0 amide bonds. The molecule has 0 atom stereocenters. The molecule has 3 rings (SSSR count). The molecule has 0 bridgehead atoms. The minimum absolute atomic E-state index is 0.498. The number of aryl methyl sites for hydroxylation is 2. The Morgan fingerprint density at radius 2 is 2.05 bits per heavy atom. The Hall–Kier alpha value is -0.350. The zero-order chi connectivity index (χ0) is 13.5. The quantitative estimate of drug-likeness (QED) is 0.920. The first-order valence-electron chi connectivity index (χ1n) is 7.59. The van der Waals surface area contributed by atoms with E-state index in [1.165, 1.54) is 55.4 Å².